The number of rotatable bonds is 4. The molecule has 0 radical (unpaired) electrons. The zero-order valence-corrected chi connectivity index (χ0v) is 24.8. The summed E-state index contributed by atoms with van der Waals surface area (Å²) in [6.45, 7) is 2.99. The third-order valence-electron chi connectivity index (χ3n) is 10.3. The standard InChI is InChI=1S/C32H30ClF3N6O2/c1-16-27-21-9-8-18(37-21)12-42(27)28-23-26(39-30(40-28)43-15-31-10-11-41(31)14-32(35,36)13-31)24(34)25(38-29(23)44-16)19-6-2-4-17-5-3-7-20(33)22(17)19/h2-7,16,18,21,27,37H,8-15H2,1H3/t16-,18+,21-,27+,31?/m0/s1. The van der Waals surface area contributed by atoms with Crippen LogP contribution in [0.4, 0.5) is 19.0 Å². The minimum absolute atomic E-state index is 0.00201. The smallest absolute Gasteiger partial charge is 0.319 e. The normalized spacial score (nSPS) is 30.1. The van der Waals surface area contributed by atoms with Gasteiger partial charge in [-0.2, -0.15) is 9.97 Å². The Morgan fingerprint density at radius 2 is 1.95 bits per heavy atom. The van der Waals surface area contributed by atoms with E-state index in [4.69, 9.17) is 31.0 Å². The van der Waals surface area contributed by atoms with Crippen LogP contribution in [0.3, 0.4) is 0 Å². The number of aromatic nitrogens is 3. The van der Waals surface area contributed by atoms with E-state index in [1.807, 2.05) is 31.2 Å². The van der Waals surface area contributed by atoms with Crippen molar-refractivity contribution in [3.8, 4) is 23.1 Å². The van der Waals surface area contributed by atoms with Crippen molar-refractivity contribution in [2.75, 3.05) is 31.1 Å². The zero-order chi connectivity index (χ0) is 30.0. The van der Waals surface area contributed by atoms with Gasteiger partial charge in [-0.25, -0.2) is 18.2 Å². The molecule has 4 aromatic rings. The summed E-state index contributed by atoms with van der Waals surface area (Å²) in [4.78, 5) is 18.2. The quantitative estimate of drug-likeness (QED) is 0.316. The van der Waals surface area contributed by atoms with Crippen LogP contribution in [0.5, 0.6) is 11.9 Å². The number of hydrogen-bond donors (Lipinski definition) is 1. The van der Waals surface area contributed by atoms with E-state index < -0.39 is 17.3 Å². The molecule has 5 aliphatic heterocycles. The molecular weight excluding hydrogens is 593 g/mol. The third kappa shape index (κ3) is 3.88. The average Bonchev–Trinajstić information content (AvgIpc) is 3.41. The number of halogens is 4. The van der Waals surface area contributed by atoms with Gasteiger partial charge in [0.1, 0.15) is 35.1 Å². The lowest BCUT2D eigenvalue weighted by Crippen LogP contribution is -2.62. The van der Waals surface area contributed by atoms with Gasteiger partial charge in [-0.15, -0.1) is 0 Å². The predicted octanol–water partition coefficient (Wildman–Crippen LogP) is 5.59. The molecule has 7 heterocycles. The lowest BCUT2D eigenvalue weighted by atomic mass is 9.85. The van der Waals surface area contributed by atoms with Crippen LogP contribution in [0.15, 0.2) is 36.4 Å². The molecule has 0 aliphatic carbocycles. The number of piperazine rings is 1. The van der Waals surface area contributed by atoms with Crippen LogP contribution in [0.1, 0.15) is 32.6 Å². The fourth-order valence-corrected chi connectivity index (χ4v) is 8.57. The predicted molar refractivity (Wildman–Crippen MR) is 160 cm³/mol. The van der Waals surface area contributed by atoms with E-state index in [-0.39, 0.29) is 66.9 Å². The summed E-state index contributed by atoms with van der Waals surface area (Å²) in [5.41, 5.74) is -0.167. The zero-order valence-electron chi connectivity index (χ0n) is 24.0. The third-order valence-corrected chi connectivity index (χ3v) is 10.6. The highest BCUT2D eigenvalue weighted by Crippen LogP contribution is 2.49. The Hall–Kier alpha value is -3.41. The van der Waals surface area contributed by atoms with Crippen molar-refractivity contribution in [1.82, 2.24) is 25.2 Å². The molecule has 1 N–H and O–H groups in total. The van der Waals surface area contributed by atoms with Gasteiger partial charge < -0.3 is 19.7 Å². The maximum Gasteiger partial charge on any atom is 0.319 e. The molecule has 2 aromatic heterocycles. The SMILES string of the molecule is C[C@@H]1Oc2nc(-c3cccc4cccc(Cl)c34)c(F)c3nc(OCC45CCN4CC(F)(F)C5)nc(c23)N2C[C@H]3CC[C@H](N3)[C@@H]12. The van der Waals surface area contributed by atoms with Crippen molar-refractivity contribution in [2.45, 2.75) is 68.3 Å². The lowest BCUT2D eigenvalue weighted by Gasteiger charge is -2.46. The molecule has 8 nitrogen and oxygen atoms in total. The van der Waals surface area contributed by atoms with E-state index in [2.05, 4.69) is 15.2 Å². The molecule has 12 heteroatoms. The first kappa shape index (κ1) is 26.9. The Morgan fingerprint density at radius 1 is 1.11 bits per heavy atom. The number of nitrogens with one attached hydrogen (secondary N) is 1. The molecule has 1 unspecified atom stereocenters. The summed E-state index contributed by atoms with van der Waals surface area (Å²) in [6, 6.07) is 11.4. The Labute approximate surface area is 256 Å². The number of hydrogen-bond acceptors (Lipinski definition) is 8. The van der Waals surface area contributed by atoms with Gasteiger partial charge in [0.2, 0.25) is 5.88 Å². The fourth-order valence-electron chi connectivity index (χ4n) is 8.29. The van der Waals surface area contributed by atoms with E-state index in [0.29, 0.717) is 46.7 Å². The maximum absolute atomic E-state index is 16.9. The van der Waals surface area contributed by atoms with E-state index in [0.717, 1.165) is 18.2 Å². The van der Waals surface area contributed by atoms with Gasteiger partial charge in [-0.3, -0.25) is 4.90 Å². The van der Waals surface area contributed by atoms with Gasteiger partial charge in [0.25, 0.3) is 5.92 Å². The molecule has 0 spiro atoms. The second-order valence-electron chi connectivity index (χ2n) is 13.0. The van der Waals surface area contributed by atoms with Crippen molar-refractivity contribution < 1.29 is 22.6 Å². The minimum Gasteiger partial charge on any atom is -0.472 e. The highest BCUT2D eigenvalue weighted by molar-refractivity contribution is 6.36. The molecule has 5 atom stereocenters. The Kier molecular flexibility index (Phi) is 5.70. The van der Waals surface area contributed by atoms with E-state index in [9.17, 15) is 8.78 Å². The number of nitrogens with zero attached hydrogens (tertiary/aromatic N) is 5. The highest BCUT2D eigenvalue weighted by Gasteiger charge is 2.60. The van der Waals surface area contributed by atoms with Crippen LogP contribution in [-0.2, 0) is 0 Å². The monoisotopic (exact) mass is 622 g/mol. The number of ether oxygens (including phenoxy) is 2. The van der Waals surface area contributed by atoms with Crippen molar-refractivity contribution in [2.24, 2.45) is 0 Å². The Balaban J connectivity index is 1.23. The van der Waals surface area contributed by atoms with Gasteiger partial charge >= 0.3 is 6.01 Å². The maximum atomic E-state index is 16.9. The summed E-state index contributed by atoms with van der Waals surface area (Å²) in [7, 11) is 0. The minimum atomic E-state index is -2.77. The molecule has 4 saturated heterocycles. The topological polar surface area (TPSA) is 75.6 Å². The van der Waals surface area contributed by atoms with Crippen molar-refractivity contribution in [3.05, 3.63) is 47.2 Å². The number of alkyl halides is 2. The second kappa shape index (κ2) is 9.31. The number of anilines is 1. The molecule has 5 aliphatic rings. The van der Waals surface area contributed by atoms with Crippen LogP contribution >= 0.6 is 11.6 Å². The molecule has 2 aromatic carbocycles. The van der Waals surface area contributed by atoms with Crippen molar-refractivity contribution >= 4 is 39.1 Å². The van der Waals surface area contributed by atoms with E-state index >= 15 is 4.39 Å². The van der Waals surface area contributed by atoms with E-state index in [1.165, 1.54) is 0 Å². The molecule has 228 valence electrons. The van der Waals surface area contributed by atoms with Gasteiger partial charge in [0.05, 0.1) is 18.1 Å². The van der Waals surface area contributed by atoms with Gasteiger partial charge in [0, 0.05) is 47.6 Å². The first-order valence-electron chi connectivity index (χ1n) is 15.2. The average molecular weight is 623 g/mol. The number of fused-ring (bicyclic) bond motifs is 7. The Bertz CT molecular complexity index is 1860. The van der Waals surface area contributed by atoms with E-state index in [1.54, 1.807) is 17.0 Å². The van der Waals surface area contributed by atoms with Gasteiger partial charge in [0.15, 0.2) is 5.82 Å². The van der Waals surface area contributed by atoms with Crippen LogP contribution in [0.25, 0.3) is 32.9 Å². The van der Waals surface area contributed by atoms with Crippen LogP contribution in [-0.4, -0.2) is 81.8 Å². The Morgan fingerprint density at radius 3 is 2.75 bits per heavy atom. The summed E-state index contributed by atoms with van der Waals surface area (Å²) < 4.78 is 58.3. The molecule has 4 fully saturated rings. The van der Waals surface area contributed by atoms with Crippen molar-refractivity contribution in [3.63, 3.8) is 0 Å². The van der Waals surface area contributed by atoms with Crippen LogP contribution in [0, 0.1) is 5.82 Å². The lowest BCUT2D eigenvalue weighted by molar-refractivity contribution is -0.0132. The van der Waals surface area contributed by atoms with Crippen molar-refractivity contribution in [1.29, 1.82) is 0 Å². The molecule has 2 bridgehead atoms. The van der Waals surface area contributed by atoms with Gasteiger partial charge in [-0.1, -0.05) is 41.9 Å². The summed E-state index contributed by atoms with van der Waals surface area (Å²) in [5, 5.41) is 6.08. The van der Waals surface area contributed by atoms with Crippen LogP contribution < -0.4 is 19.7 Å². The first-order chi connectivity index (χ1) is 21.2. The summed E-state index contributed by atoms with van der Waals surface area (Å²) in [5.74, 6) is -2.66. The molecule has 44 heavy (non-hydrogen) atoms. The summed E-state index contributed by atoms with van der Waals surface area (Å²) >= 11 is 6.64. The fraction of sp³-hybridized carbons (Fsp3) is 0.469. The molecular formula is C32H30ClF3N6O2. The largest absolute Gasteiger partial charge is 0.472 e. The molecule has 0 amide bonds. The number of pyridine rings is 1. The second-order valence-corrected chi connectivity index (χ2v) is 13.4. The molecule has 9 rings (SSSR count). The van der Waals surface area contributed by atoms with Crippen LogP contribution in [0.2, 0.25) is 5.02 Å². The first-order valence-corrected chi connectivity index (χ1v) is 15.6. The van der Waals surface area contributed by atoms with Gasteiger partial charge in [-0.05, 0) is 37.6 Å². The molecule has 0 saturated carbocycles. The summed E-state index contributed by atoms with van der Waals surface area (Å²) in [6.07, 6.45) is 2.05. The number of benzene rings is 2. The highest BCUT2D eigenvalue weighted by atomic mass is 35.5.